The van der Waals surface area contributed by atoms with E-state index in [4.69, 9.17) is 11.5 Å². The first-order valence-electron chi connectivity index (χ1n) is 9.12. The summed E-state index contributed by atoms with van der Waals surface area (Å²) in [5.74, 6) is 0.396. The molecular formula is C21H33FN4. The van der Waals surface area contributed by atoms with Gasteiger partial charge in [0.1, 0.15) is 5.82 Å². The van der Waals surface area contributed by atoms with Gasteiger partial charge in [-0.1, -0.05) is 12.1 Å². The Morgan fingerprint density at radius 3 is 2.31 bits per heavy atom. The molecule has 0 radical (unpaired) electrons. The van der Waals surface area contributed by atoms with Crippen molar-refractivity contribution in [3.8, 4) is 0 Å². The molecule has 0 atom stereocenters. The molecule has 0 saturated carbocycles. The molecule has 1 heterocycles. The van der Waals surface area contributed by atoms with Crippen LogP contribution in [0.5, 0.6) is 0 Å². The van der Waals surface area contributed by atoms with Gasteiger partial charge in [-0.2, -0.15) is 0 Å². The number of allylic oxidation sites excluding steroid dienone is 2. The molecule has 0 bridgehead atoms. The number of nitrogens with zero attached hydrogens (tertiary/aromatic N) is 1. The molecule has 1 saturated heterocycles. The highest BCUT2D eigenvalue weighted by Gasteiger charge is 2.39. The van der Waals surface area contributed by atoms with Gasteiger partial charge in [-0.15, -0.1) is 0 Å². The lowest BCUT2D eigenvalue weighted by Crippen LogP contribution is -2.61. The zero-order valence-electron chi connectivity index (χ0n) is 16.9. The molecule has 5 N–H and O–H groups in total. The minimum atomic E-state index is -0.257. The molecule has 0 amide bonds. The molecular weight excluding hydrogens is 327 g/mol. The second-order valence-corrected chi connectivity index (χ2v) is 8.69. The van der Waals surface area contributed by atoms with Crippen LogP contribution in [-0.2, 0) is 0 Å². The Morgan fingerprint density at radius 1 is 1.15 bits per heavy atom. The topological polar surface area (TPSA) is 67.3 Å². The summed E-state index contributed by atoms with van der Waals surface area (Å²) in [6.07, 6.45) is 5.57. The van der Waals surface area contributed by atoms with E-state index in [9.17, 15) is 4.39 Å². The fraction of sp³-hybridized carbons (Fsp3) is 0.524. The third-order valence-corrected chi connectivity index (χ3v) is 5.14. The predicted octanol–water partition coefficient (Wildman–Crippen LogP) is 3.47. The van der Waals surface area contributed by atoms with E-state index < -0.39 is 0 Å². The SMILES string of the molecule is Cc1c(F)cccc1/C(N)=C/C=C(\N)N(C)C1CC(C)(C)NC(C)(C)C1. The molecule has 1 fully saturated rings. The minimum absolute atomic E-state index is 0.0501. The third kappa shape index (κ3) is 4.79. The summed E-state index contributed by atoms with van der Waals surface area (Å²) in [6.45, 7) is 10.6. The molecule has 144 valence electrons. The Balaban J connectivity index is 2.19. The van der Waals surface area contributed by atoms with Gasteiger partial charge in [0.25, 0.3) is 0 Å². The van der Waals surface area contributed by atoms with Crippen LogP contribution in [0.25, 0.3) is 5.70 Å². The fourth-order valence-electron chi connectivity index (χ4n) is 4.06. The summed E-state index contributed by atoms with van der Waals surface area (Å²) in [5.41, 5.74) is 14.3. The van der Waals surface area contributed by atoms with Crippen molar-refractivity contribution in [1.82, 2.24) is 10.2 Å². The molecule has 2 rings (SSSR count). The largest absolute Gasteiger partial charge is 0.398 e. The normalized spacial score (nSPS) is 20.9. The molecule has 0 aliphatic carbocycles. The number of nitrogens with two attached hydrogens (primary N) is 2. The lowest BCUT2D eigenvalue weighted by molar-refractivity contribution is 0.0981. The summed E-state index contributed by atoms with van der Waals surface area (Å²) in [7, 11) is 2.02. The molecule has 1 aromatic rings. The Morgan fingerprint density at radius 2 is 1.73 bits per heavy atom. The highest BCUT2D eigenvalue weighted by atomic mass is 19.1. The number of hydrogen-bond acceptors (Lipinski definition) is 4. The number of benzene rings is 1. The Labute approximate surface area is 157 Å². The van der Waals surface area contributed by atoms with Gasteiger partial charge in [-0.25, -0.2) is 4.39 Å². The van der Waals surface area contributed by atoms with Gasteiger partial charge in [0.2, 0.25) is 0 Å². The molecule has 1 aliphatic rings. The van der Waals surface area contributed by atoms with Crippen molar-refractivity contribution in [3.63, 3.8) is 0 Å². The molecule has 4 nitrogen and oxygen atoms in total. The molecule has 1 aliphatic heterocycles. The maximum atomic E-state index is 13.7. The van der Waals surface area contributed by atoms with Crippen LogP contribution in [0.2, 0.25) is 0 Å². The smallest absolute Gasteiger partial charge is 0.126 e. The second kappa shape index (κ2) is 7.31. The zero-order valence-corrected chi connectivity index (χ0v) is 16.9. The number of nitrogens with one attached hydrogen (secondary N) is 1. The summed E-state index contributed by atoms with van der Waals surface area (Å²) in [5, 5.41) is 3.68. The van der Waals surface area contributed by atoms with Gasteiger partial charge in [-0.3, -0.25) is 0 Å². The molecule has 1 aromatic carbocycles. The van der Waals surface area contributed by atoms with Gasteiger partial charge in [0.05, 0.1) is 5.82 Å². The predicted molar refractivity (Wildman–Crippen MR) is 108 cm³/mol. The summed E-state index contributed by atoms with van der Waals surface area (Å²) >= 11 is 0. The number of hydrogen-bond donors (Lipinski definition) is 3. The third-order valence-electron chi connectivity index (χ3n) is 5.14. The number of halogens is 1. The monoisotopic (exact) mass is 360 g/mol. The van der Waals surface area contributed by atoms with E-state index in [1.807, 2.05) is 19.2 Å². The van der Waals surface area contributed by atoms with Crippen molar-refractivity contribution >= 4 is 5.70 Å². The van der Waals surface area contributed by atoms with E-state index in [0.717, 1.165) is 12.8 Å². The van der Waals surface area contributed by atoms with Gasteiger partial charge >= 0.3 is 0 Å². The van der Waals surface area contributed by atoms with Crippen LogP contribution in [0.1, 0.15) is 51.7 Å². The van der Waals surface area contributed by atoms with Crippen molar-refractivity contribution in [2.45, 2.75) is 64.6 Å². The molecule has 5 heteroatoms. The van der Waals surface area contributed by atoms with Crippen molar-refractivity contribution in [2.75, 3.05) is 7.05 Å². The van der Waals surface area contributed by atoms with Gasteiger partial charge in [0, 0.05) is 35.4 Å². The van der Waals surface area contributed by atoms with E-state index in [1.165, 1.54) is 6.07 Å². The summed E-state index contributed by atoms with van der Waals surface area (Å²) < 4.78 is 13.7. The summed E-state index contributed by atoms with van der Waals surface area (Å²) in [4.78, 5) is 2.12. The van der Waals surface area contributed by atoms with Crippen molar-refractivity contribution in [3.05, 3.63) is 53.1 Å². The summed E-state index contributed by atoms with van der Waals surface area (Å²) in [6, 6.07) is 5.25. The van der Waals surface area contributed by atoms with Crippen LogP contribution in [0, 0.1) is 12.7 Å². The van der Waals surface area contributed by atoms with Crippen LogP contribution in [0.4, 0.5) is 4.39 Å². The number of piperidine rings is 1. The maximum Gasteiger partial charge on any atom is 0.126 e. The first-order valence-corrected chi connectivity index (χ1v) is 9.12. The molecule has 0 unspecified atom stereocenters. The first kappa shape index (κ1) is 20.3. The number of rotatable bonds is 4. The fourth-order valence-corrected chi connectivity index (χ4v) is 4.06. The Bertz CT molecular complexity index is 703. The van der Waals surface area contributed by atoms with Crippen LogP contribution in [0.3, 0.4) is 0 Å². The minimum Gasteiger partial charge on any atom is -0.398 e. The van der Waals surface area contributed by atoms with Gasteiger partial charge < -0.3 is 21.7 Å². The lowest BCUT2D eigenvalue weighted by Gasteiger charge is -2.49. The van der Waals surface area contributed by atoms with E-state index >= 15 is 0 Å². The van der Waals surface area contributed by atoms with E-state index in [1.54, 1.807) is 19.1 Å². The average molecular weight is 361 g/mol. The Hall–Kier alpha value is -2.01. The van der Waals surface area contributed by atoms with E-state index in [2.05, 4.69) is 37.9 Å². The van der Waals surface area contributed by atoms with Crippen molar-refractivity contribution in [1.29, 1.82) is 0 Å². The van der Waals surface area contributed by atoms with Crippen LogP contribution in [0.15, 0.2) is 36.2 Å². The van der Waals surface area contributed by atoms with Crippen molar-refractivity contribution in [2.24, 2.45) is 11.5 Å². The zero-order chi connectivity index (χ0) is 19.7. The molecule has 26 heavy (non-hydrogen) atoms. The Kier molecular flexibility index (Phi) is 5.71. The first-order chi connectivity index (χ1) is 11.9. The quantitative estimate of drug-likeness (QED) is 0.719. The highest BCUT2D eigenvalue weighted by Crippen LogP contribution is 2.31. The van der Waals surface area contributed by atoms with Crippen LogP contribution < -0.4 is 16.8 Å². The lowest BCUT2D eigenvalue weighted by atomic mass is 9.79. The van der Waals surface area contributed by atoms with Crippen LogP contribution in [-0.4, -0.2) is 29.1 Å². The van der Waals surface area contributed by atoms with Crippen LogP contribution >= 0.6 is 0 Å². The van der Waals surface area contributed by atoms with Gasteiger partial charge in [-0.05, 0) is 71.2 Å². The standard InChI is InChI=1S/C21H33FN4/c1-14-16(8-7-9-17(14)22)18(23)10-11-19(24)26(6)15-12-20(2,3)25-21(4,5)13-15/h7-11,15,25H,12-13,23-24H2,1-6H3/b18-10-,19-11+. The highest BCUT2D eigenvalue weighted by molar-refractivity contribution is 5.67. The maximum absolute atomic E-state index is 13.7. The molecule has 0 spiro atoms. The average Bonchev–Trinajstić information content (AvgIpc) is 2.51. The van der Waals surface area contributed by atoms with Gasteiger partial charge in [0.15, 0.2) is 0 Å². The van der Waals surface area contributed by atoms with E-state index in [0.29, 0.717) is 28.7 Å². The van der Waals surface area contributed by atoms with Crippen molar-refractivity contribution < 1.29 is 4.39 Å². The molecule has 0 aromatic heterocycles. The van der Waals surface area contributed by atoms with E-state index in [-0.39, 0.29) is 16.9 Å². The second-order valence-electron chi connectivity index (χ2n) is 8.69.